The number of nitrogens with zero attached hydrogens (tertiary/aromatic N) is 5. The van der Waals surface area contributed by atoms with Gasteiger partial charge in [0.1, 0.15) is 18.1 Å². The van der Waals surface area contributed by atoms with Gasteiger partial charge < -0.3 is 15.0 Å². The van der Waals surface area contributed by atoms with Gasteiger partial charge >= 0.3 is 0 Å². The molecule has 1 aliphatic rings. The van der Waals surface area contributed by atoms with Crippen LogP contribution in [-0.4, -0.2) is 63.0 Å². The minimum atomic E-state index is -2.93. The van der Waals surface area contributed by atoms with Crippen LogP contribution in [0.25, 0.3) is 22.2 Å². The number of likely N-dealkylation sites (tertiary alicyclic amines) is 1. The fourth-order valence-electron chi connectivity index (χ4n) is 4.09. The Bertz CT molecular complexity index is 1160. The summed E-state index contributed by atoms with van der Waals surface area (Å²) < 4.78 is 42.8. The monoisotopic (exact) mass is 430 g/mol. The van der Waals surface area contributed by atoms with Gasteiger partial charge in [-0.25, -0.2) is 13.2 Å². The fourth-order valence-corrected chi connectivity index (χ4v) is 4.09. The number of fused-ring (bicyclic) bond motifs is 1. The standard InChI is InChI=1S/C21H21F3N6O/c1-29-6-4-16-18(15-3-2-13(10-25)8-17(15)31)27-28-20(19(16)29)26-14-9-21(23,24)12-30(11-14)7-5-22/h2-4,6,8,14,31H,5,7,9,11-12H2,1H3,(H,26,28)/t14-/m1/s1. The first-order valence-corrected chi connectivity index (χ1v) is 9.79. The van der Waals surface area contributed by atoms with Crippen LogP contribution in [-0.2, 0) is 7.05 Å². The van der Waals surface area contributed by atoms with E-state index in [2.05, 4.69) is 15.5 Å². The lowest BCUT2D eigenvalue weighted by atomic mass is 10.0. The lowest BCUT2D eigenvalue weighted by Crippen LogP contribution is -2.52. The highest BCUT2D eigenvalue weighted by Gasteiger charge is 2.40. The molecular weight excluding hydrogens is 409 g/mol. The van der Waals surface area contributed by atoms with E-state index in [1.807, 2.05) is 6.07 Å². The van der Waals surface area contributed by atoms with Gasteiger partial charge in [-0.3, -0.25) is 4.90 Å². The van der Waals surface area contributed by atoms with Crippen molar-refractivity contribution in [3.63, 3.8) is 0 Å². The highest BCUT2D eigenvalue weighted by Crippen LogP contribution is 2.36. The predicted octanol–water partition coefficient (Wildman–Crippen LogP) is 3.30. The zero-order valence-corrected chi connectivity index (χ0v) is 16.8. The number of nitriles is 1. The molecule has 4 rings (SSSR count). The zero-order chi connectivity index (χ0) is 22.2. The van der Waals surface area contributed by atoms with Crippen molar-refractivity contribution in [1.29, 1.82) is 5.26 Å². The molecule has 1 aliphatic heterocycles. The molecule has 0 unspecified atom stereocenters. The van der Waals surface area contributed by atoms with Crippen LogP contribution in [0.4, 0.5) is 19.0 Å². The van der Waals surface area contributed by atoms with Crippen LogP contribution < -0.4 is 5.32 Å². The Morgan fingerprint density at radius 1 is 1.32 bits per heavy atom. The summed E-state index contributed by atoms with van der Waals surface area (Å²) in [6.07, 6.45) is 1.40. The minimum Gasteiger partial charge on any atom is -0.507 e. The summed E-state index contributed by atoms with van der Waals surface area (Å²) in [4.78, 5) is 1.40. The molecular formula is C21H21F3N6O. The number of aryl methyl sites for hydroxylation is 1. The summed E-state index contributed by atoms with van der Waals surface area (Å²) in [6.45, 7) is -0.925. The van der Waals surface area contributed by atoms with Gasteiger partial charge in [-0.05, 0) is 24.3 Å². The van der Waals surface area contributed by atoms with E-state index in [4.69, 9.17) is 5.26 Å². The van der Waals surface area contributed by atoms with E-state index >= 15 is 0 Å². The first-order valence-electron chi connectivity index (χ1n) is 9.79. The highest BCUT2D eigenvalue weighted by atomic mass is 19.3. The van der Waals surface area contributed by atoms with E-state index in [0.29, 0.717) is 33.5 Å². The largest absolute Gasteiger partial charge is 0.507 e. The van der Waals surface area contributed by atoms with Crippen LogP contribution in [0.2, 0.25) is 0 Å². The molecule has 0 saturated carbocycles. The van der Waals surface area contributed by atoms with Crippen molar-refractivity contribution in [3.8, 4) is 23.1 Å². The molecule has 1 fully saturated rings. The van der Waals surface area contributed by atoms with Crippen LogP contribution in [0, 0.1) is 11.3 Å². The molecule has 0 amide bonds. The number of rotatable bonds is 5. The van der Waals surface area contributed by atoms with Crippen molar-refractivity contribution in [2.75, 3.05) is 31.6 Å². The molecule has 2 aromatic heterocycles. The summed E-state index contributed by atoms with van der Waals surface area (Å²) in [5, 5.41) is 31.5. The number of aromatic hydroxyl groups is 1. The van der Waals surface area contributed by atoms with Gasteiger partial charge in [-0.2, -0.15) is 5.26 Å². The van der Waals surface area contributed by atoms with Gasteiger partial charge in [0.05, 0.1) is 23.7 Å². The molecule has 162 valence electrons. The van der Waals surface area contributed by atoms with Crippen molar-refractivity contribution in [3.05, 3.63) is 36.0 Å². The number of hydrogen-bond donors (Lipinski definition) is 2. The van der Waals surface area contributed by atoms with Crippen LogP contribution in [0.15, 0.2) is 30.5 Å². The zero-order valence-electron chi connectivity index (χ0n) is 16.8. The molecule has 1 atom stereocenters. The van der Waals surface area contributed by atoms with Crippen LogP contribution in [0.3, 0.4) is 0 Å². The number of benzene rings is 1. The number of nitrogens with one attached hydrogen (secondary N) is 1. The summed E-state index contributed by atoms with van der Waals surface area (Å²) in [7, 11) is 1.79. The molecule has 3 aromatic rings. The molecule has 10 heteroatoms. The minimum absolute atomic E-state index is 0.0457. The third-order valence-electron chi connectivity index (χ3n) is 5.40. The van der Waals surface area contributed by atoms with Gasteiger partial charge in [0.15, 0.2) is 5.82 Å². The van der Waals surface area contributed by atoms with Crippen molar-refractivity contribution in [2.45, 2.75) is 18.4 Å². The molecule has 0 radical (unpaired) electrons. The molecule has 1 aromatic carbocycles. The fraction of sp³-hybridized carbons (Fsp3) is 0.381. The van der Waals surface area contributed by atoms with Crippen LogP contribution in [0.5, 0.6) is 5.75 Å². The lowest BCUT2D eigenvalue weighted by Gasteiger charge is -2.37. The molecule has 3 heterocycles. The summed E-state index contributed by atoms with van der Waals surface area (Å²) >= 11 is 0. The number of halogens is 3. The smallest absolute Gasteiger partial charge is 0.262 e. The Labute approximate surface area is 176 Å². The second-order valence-electron chi connectivity index (χ2n) is 7.76. The maximum absolute atomic E-state index is 14.2. The summed E-state index contributed by atoms with van der Waals surface area (Å²) in [6, 6.07) is 7.64. The van der Waals surface area contributed by atoms with E-state index in [1.165, 1.54) is 11.0 Å². The number of hydrogen-bond acceptors (Lipinski definition) is 6. The first kappa shape index (κ1) is 20.9. The maximum Gasteiger partial charge on any atom is 0.262 e. The number of aromatic nitrogens is 3. The number of alkyl halides is 3. The molecule has 7 nitrogen and oxygen atoms in total. The van der Waals surface area contributed by atoms with Gasteiger partial charge in [-0.15, -0.1) is 10.2 Å². The second kappa shape index (κ2) is 8.07. The predicted molar refractivity (Wildman–Crippen MR) is 110 cm³/mol. The average molecular weight is 430 g/mol. The number of phenolic OH excluding ortho intramolecular Hbond substituents is 1. The van der Waals surface area contributed by atoms with E-state index in [9.17, 15) is 18.3 Å². The van der Waals surface area contributed by atoms with Gasteiger partial charge in [0.25, 0.3) is 5.92 Å². The average Bonchev–Trinajstić information content (AvgIpc) is 3.10. The summed E-state index contributed by atoms with van der Waals surface area (Å²) in [5.74, 6) is -2.70. The molecule has 0 aliphatic carbocycles. The Kier molecular flexibility index (Phi) is 5.45. The normalized spacial score (nSPS) is 18.7. The summed E-state index contributed by atoms with van der Waals surface area (Å²) in [5.41, 5.74) is 1.77. The molecule has 31 heavy (non-hydrogen) atoms. The van der Waals surface area contributed by atoms with E-state index in [0.717, 1.165) is 0 Å². The number of anilines is 1. The molecule has 1 saturated heterocycles. The van der Waals surface area contributed by atoms with E-state index in [-0.39, 0.29) is 25.3 Å². The van der Waals surface area contributed by atoms with Gasteiger partial charge in [0.2, 0.25) is 0 Å². The second-order valence-corrected chi connectivity index (χ2v) is 7.76. The van der Waals surface area contributed by atoms with Crippen LogP contribution >= 0.6 is 0 Å². The number of phenols is 1. The molecule has 2 N–H and O–H groups in total. The molecule has 0 spiro atoms. The third-order valence-corrected chi connectivity index (χ3v) is 5.40. The Hall–Kier alpha value is -3.32. The van der Waals surface area contributed by atoms with E-state index < -0.39 is 25.2 Å². The number of piperidine rings is 1. The Morgan fingerprint density at radius 3 is 2.84 bits per heavy atom. The van der Waals surface area contributed by atoms with E-state index in [1.54, 1.807) is 36.0 Å². The Morgan fingerprint density at radius 2 is 2.13 bits per heavy atom. The van der Waals surface area contributed by atoms with Gasteiger partial charge in [0, 0.05) is 49.7 Å². The SMILES string of the molecule is Cn1ccc2c(-c3ccc(C#N)cc3O)nnc(N[C@H]3CN(CCF)CC(F)(F)C3)c21. The van der Waals surface area contributed by atoms with Crippen molar-refractivity contribution < 1.29 is 18.3 Å². The first-order chi connectivity index (χ1) is 14.8. The van der Waals surface area contributed by atoms with Gasteiger partial charge in [-0.1, -0.05) is 0 Å². The maximum atomic E-state index is 14.2. The third kappa shape index (κ3) is 4.14. The quantitative estimate of drug-likeness (QED) is 0.646. The van der Waals surface area contributed by atoms with Crippen molar-refractivity contribution in [2.24, 2.45) is 7.05 Å². The van der Waals surface area contributed by atoms with Crippen molar-refractivity contribution >= 4 is 16.7 Å². The van der Waals surface area contributed by atoms with Crippen LogP contribution in [0.1, 0.15) is 12.0 Å². The topological polar surface area (TPSA) is 90.0 Å². The molecule has 0 bridgehead atoms. The highest BCUT2D eigenvalue weighted by molar-refractivity contribution is 5.99. The Balaban J connectivity index is 1.70. The van der Waals surface area contributed by atoms with Crippen molar-refractivity contribution in [1.82, 2.24) is 19.7 Å². The lowest BCUT2D eigenvalue weighted by molar-refractivity contribution is -0.0686.